The van der Waals surface area contributed by atoms with Crippen molar-refractivity contribution < 1.29 is 0 Å². The first-order valence-electron chi connectivity index (χ1n) is 8.16. The molecule has 19 heavy (non-hydrogen) atoms. The maximum Gasteiger partial charge on any atom is 0.00766 e. The molecule has 3 heteroatoms. The van der Waals surface area contributed by atoms with Crippen LogP contribution in [0.4, 0.5) is 0 Å². The van der Waals surface area contributed by atoms with Gasteiger partial charge in [-0.15, -0.1) is 0 Å². The molecule has 0 aromatic heterocycles. The molecular weight excluding hydrogens is 234 g/mol. The minimum atomic E-state index is 0.691. The van der Waals surface area contributed by atoms with Gasteiger partial charge in [0.2, 0.25) is 0 Å². The van der Waals surface area contributed by atoms with Crippen LogP contribution in [0.15, 0.2) is 0 Å². The summed E-state index contributed by atoms with van der Waals surface area (Å²) in [6.07, 6.45) is 7.80. The lowest BCUT2D eigenvalue weighted by molar-refractivity contribution is 0.295. The Morgan fingerprint density at radius 2 is 1.63 bits per heavy atom. The zero-order valence-corrected chi connectivity index (χ0v) is 14.0. The van der Waals surface area contributed by atoms with Gasteiger partial charge >= 0.3 is 0 Å². The van der Waals surface area contributed by atoms with Crippen molar-refractivity contribution in [1.82, 2.24) is 15.1 Å². The number of nitrogens with one attached hydrogen (secondary N) is 1. The molecule has 1 unspecified atom stereocenters. The Balaban J connectivity index is 3.57. The molecular formula is C16H37N3. The third-order valence-electron chi connectivity index (χ3n) is 3.71. The van der Waals surface area contributed by atoms with E-state index >= 15 is 0 Å². The number of rotatable bonds is 13. The monoisotopic (exact) mass is 271 g/mol. The zero-order chi connectivity index (χ0) is 14.5. The van der Waals surface area contributed by atoms with Crippen molar-refractivity contribution >= 4 is 0 Å². The van der Waals surface area contributed by atoms with Crippen molar-refractivity contribution in [2.45, 2.75) is 58.4 Å². The summed E-state index contributed by atoms with van der Waals surface area (Å²) in [6.45, 7) is 9.37. The third kappa shape index (κ3) is 12.6. The third-order valence-corrected chi connectivity index (χ3v) is 3.71. The highest BCUT2D eigenvalue weighted by Crippen LogP contribution is 2.02. The predicted octanol–water partition coefficient (Wildman–Crippen LogP) is 2.82. The van der Waals surface area contributed by atoms with Gasteiger partial charge in [-0.2, -0.15) is 0 Å². The highest BCUT2D eigenvalue weighted by molar-refractivity contribution is 4.67. The van der Waals surface area contributed by atoms with Crippen LogP contribution in [0.1, 0.15) is 52.4 Å². The van der Waals surface area contributed by atoms with E-state index in [4.69, 9.17) is 0 Å². The highest BCUT2D eigenvalue weighted by atomic mass is 15.1. The van der Waals surface area contributed by atoms with Gasteiger partial charge in [0.05, 0.1) is 0 Å². The molecule has 116 valence electrons. The van der Waals surface area contributed by atoms with Gasteiger partial charge in [-0.1, -0.05) is 26.7 Å². The van der Waals surface area contributed by atoms with Crippen molar-refractivity contribution in [2.24, 2.45) is 0 Å². The molecule has 0 aromatic carbocycles. The lowest BCUT2D eigenvalue weighted by Crippen LogP contribution is -2.34. The van der Waals surface area contributed by atoms with Gasteiger partial charge in [0.1, 0.15) is 0 Å². The summed E-state index contributed by atoms with van der Waals surface area (Å²) in [7, 11) is 6.54. The summed E-state index contributed by atoms with van der Waals surface area (Å²) in [5.74, 6) is 0. The molecule has 0 saturated heterocycles. The molecule has 0 aliphatic carbocycles. The summed E-state index contributed by atoms with van der Waals surface area (Å²) < 4.78 is 0. The van der Waals surface area contributed by atoms with Crippen molar-refractivity contribution in [2.75, 3.05) is 47.3 Å². The van der Waals surface area contributed by atoms with Crippen LogP contribution in [0.25, 0.3) is 0 Å². The smallest absolute Gasteiger partial charge is 0.00766 e. The van der Waals surface area contributed by atoms with E-state index in [1.54, 1.807) is 0 Å². The van der Waals surface area contributed by atoms with Gasteiger partial charge in [0.25, 0.3) is 0 Å². The number of nitrogens with zero attached hydrogens (tertiary/aromatic N) is 2. The molecule has 1 atom stereocenters. The van der Waals surface area contributed by atoms with Crippen LogP contribution in [0, 0.1) is 0 Å². The molecule has 0 aromatic rings. The fourth-order valence-electron chi connectivity index (χ4n) is 2.27. The van der Waals surface area contributed by atoms with E-state index in [2.05, 4.69) is 50.1 Å². The Morgan fingerprint density at radius 1 is 0.895 bits per heavy atom. The van der Waals surface area contributed by atoms with Crippen molar-refractivity contribution in [1.29, 1.82) is 0 Å². The Kier molecular flexibility index (Phi) is 12.8. The van der Waals surface area contributed by atoms with Gasteiger partial charge in [0, 0.05) is 6.04 Å². The highest BCUT2D eigenvalue weighted by Gasteiger charge is 2.07. The molecule has 0 bridgehead atoms. The van der Waals surface area contributed by atoms with Crippen LogP contribution in [0.2, 0.25) is 0 Å². The summed E-state index contributed by atoms with van der Waals surface area (Å²) >= 11 is 0. The summed E-state index contributed by atoms with van der Waals surface area (Å²) in [5.41, 5.74) is 0. The number of hydrogen-bond donors (Lipinski definition) is 1. The second kappa shape index (κ2) is 12.9. The van der Waals surface area contributed by atoms with E-state index in [9.17, 15) is 0 Å². The van der Waals surface area contributed by atoms with Crippen LogP contribution in [0.3, 0.4) is 0 Å². The van der Waals surface area contributed by atoms with Crippen molar-refractivity contribution in [3.8, 4) is 0 Å². The first kappa shape index (κ1) is 18.9. The minimum Gasteiger partial charge on any atom is -0.314 e. The van der Waals surface area contributed by atoms with Gasteiger partial charge < -0.3 is 15.1 Å². The maximum absolute atomic E-state index is 3.69. The zero-order valence-electron chi connectivity index (χ0n) is 14.0. The summed E-state index contributed by atoms with van der Waals surface area (Å²) in [5, 5.41) is 3.69. The van der Waals surface area contributed by atoms with E-state index in [1.165, 1.54) is 58.2 Å². The molecule has 0 fully saturated rings. The molecule has 1 N–H and O–H groups in total. The van der Waals surface area contributed by atoms with Crippen LogP contribution in [0.5, 0.6) is 0 Å². The summed E-state index contributed by atoms with van der Waals surface area (Å²) in [4.78, 5) is 4.74. The summed E-state index contributed by atoms with van der Waals surface area (Å²) in [6, 6.07) is 0.691. The SMILES string of the molecule is CCCCCN(C)CCC(CC)NCCCN(C)C. The van der Waals surface area contributed by atoms with E-state index < -0.39 is 0 Å². The Hall–Kier alpha value is -0.120. The van der Waals surface area contributed by atoms with Gasteiger partial charge in [-0.05, 0) is 73.0 Å². The van der Waals surface area contributed by atoms with E-state index in [0.717, 1.165) is 6.54 Å². The first-order valence-corrected chi connectivity index (χ1v) is 8.16. The number of hydrogen-bond acceptors (Lipinski definition) is 3. The van der Waals surface area contributed by atoms with Crippen LogP contribution >= 0.6 is 0 Å². The Morgan fingerprint density at radius 3 is 2.21 bits per heavy atom. The first-order chi connectivity index (χ1) is 9.10. The lowest BCUT2D eigenvalue weighted by Gasteiger charge is -2.22. The molecule has 3 nitrogen and oxygen atoms in total. The van der Waals surface area contributed by atoms with Crippen molar-refractivity contribution in [3.05, 3.63) is 0 Å². The van der Waals surface area contributed by atoms with Crippen molar-refractivity contribution in [3.63, 3.8) is 0 Å². The fourth-order valence-corrected chi connectivity index (χ4v) is 2.27. The standard InChI is InChI=1S/C16H37N3/c1-6-8-9-14-19(5)15-11-16(7-2)17-12-10-13-18(3)4/h16-17H,6-15H2,1-5H3. The average Bonchev–Trinajstić information content (AvgIpc) is 2.38. The Bertz CT molecular complexity index is 183. The normalized spacial score (nSPS) is 13.4. The quantitative estimate of drug-likeness (QED) is 0.520. The minimum absolute atomic E-state index is 0.691. The Labute approximate surface area is 121 Å². The maximum atomic E-state index is 3.69. The molecule has 0 rings (SSSR count). The van der Waals surface area contributed by atoms with E-state index in [1.807, 2.05) is 0 Å². The topological polar surface area (TPSA) is 18.5 Å². The molecule has 0 saturated carbocycles. The second-order valence-electron chi connectivity index (χ2n) is 6.02. The molecule has 0 aliphatic heterocycles. The van der Waals surface area contributed by atoms with Crippen LogP contribution in [-0.4, -0.2) is 63.2 Å². The molecule has 0 aliphatic rings. The average molecular weight is 271 g/mol. The molecule has 0 amide bonds. The van der Waals surface area contributed by atoms with Gasteiger partial charge in [0.15, 0.2) is 0 Å². The van der Waals surface area contributed by atoms with Crippen LogP contribution < -0.4 is 5.32 Å². The fraction of sp³-hybridized carbons (Fsp3) is 1.00. The second-order valence-corrected chi connectivity index (χ2v) is 6.02. The number of unbranched alkanes of at least 4 members (excludes halogenated alkanes) is 2. The molecule has 0 radical (unpaired) electrons. The van der Waals surface area contributed by atoms with Gasteiger partial charge in [-0.25, -0.2) is 0 Å². The lowest BCUT2D eigenvalue weighted by atomic mass is 10.1. The molecule has 0 heterocycles. The largest absolute Gasteiger partial charge is 0.314 e. The van der Waals surface area contributed by atoms with Gasteiger partial charge in [-0.3, -0.25) is 0 Å². The molecule has 0 spiro atoms. The predicted molar refractivity (Wildman–Crippen MR) is 86.9 cm³/mol. The van der Waals surface area contributed by atoms with E-state index in [0.29, 0.717) is 6.04 Å². The van der Waals surface area contributed by atoms with E-state index in [-0.39, 0.29) is 0 Å². The van der Waals surface area contributed by atoms with Crippen LogP contribution in [-0.2, 0) is 0 Å².